The van der Waals surface area contributed by atoms with Crippen molar-refractivity contribution in [3.05, 3.63) is 24.0 Å². The van der Waals surface area contributed by atoms with Gasteiger partial charge >= 0.3 is 7.12 Å². The molecule has 0 radical (unpaired) electrons. The fourth-order valence-corrected chi connectivity index (χ4v) is 1.81. The molecule has 1 saturated heterocycles. The van der Waals surface area contributed by atoms with Gasteiger partial charge in [0.1, 0.15) is 17.7 Å². The van der Waals surface area contributed by atoms with Crippen molar-refractivity contribution >= 4 is 12.6 Å². The Balaban J connectivity index is 2.13. The van der Waals surface area contributed by atoms with Gasteiger partial charge in [0.05, 0.1) is 6.61 Å². The van der Waals surface area contributed by atoms with E-state index in [2.05, 4.69) is 0 Å². The first-order valence-electron chi connectivity index (χ1n) is 5.57. The second kappa shape index (κ2) is 5.49. The third kappa shape index (κ3) is 3.18. The largest absolute Gasteiger partial charge is 0.492 e. The highest BCUT2D eigenvalue weighted by molar-refractivity contribution is 6.59. The van der Waals surface area contributed by atoms with Gasteiger partial charge in [0, 0.05) is 12.1 Å². The van der Waals surface area contributed by atoms with Crippen molar-refractivity contribution in [2.24, 2.45) is 0 Å². The number of ether oxygens (including phenoxy) is 2. The minimum Gasteiger partial charge on any atom is -0.488 e. The average Bonchev–Trinajstić information content (AvgIpc) is 2.32. The van der Waals surface area contributed by atoms with E-state index < -0.39 is 12.9 Å². The van der Waals surface area contributed by atoms with Gasteiger partial charge in [-0.15, -0.1) is 0 Å². The molecule has 92 valence electrons. The Morgan fingerprint density at radius 1 is 1.41 bits per heavy atom. The van der Waals surface area contributed by atoms with Crippen molar-refractivity contribution in [1.29, 1.82) is 0 Å². The maximum Gasteiger partial charge on any atom is 0.492 e. The number of hydrogen-bond acceptors (Lipinski definition) is 4. The van der Waals surface area contributed by atoms with Crippen LogP contribution in [-0.4, -0.2) is 36.5 Å². The molecule has 17 heavy (non-hydrogen) atoms. The van der Waals surface area contributed by atoms with E-state index in [1.54, 1.807) is 0 Å². The number of hydrogen-bond donors (Lipinski definition) is 2. The summed E-state index contributed by atoms with van der Waals surface area (Å²) in [5.41, 5.74) is 0.0376. The lowest BCUT2D eigenvalue weighted by Crippen LogP contribution is -2.35. The van der Waals surface area contributed by atoms with Crippen molar-refractivity contribution in [3.8, 4) is 5.75 Å². The van der Waals surface area contributed by atoms with Crippen molar-refractivity contribution < 1.29 is 23.9 Å². The molecule has 1 aromatic carbocycles. The quantitative estimate of drug-likeness (QED) is 0.733. The predicted octanol–water partition coefficient (Wildman–Crippen LogP) is 0.0633. The first-order valence-corrected chi connectivity index (χ1v) is 5.57. The summed E-state index contributed by atoms with van der Waals surface area (Å²) in [7, 11) is -1.75. The standard InChI is InChI=1S/C11H14BFO4/c13-8-3-4-11(10(6-8)12(14)15)17-9-2-1-5-16-7-9/h3-4,6,9,14-15H,1-2,5,7H2. The molecule has 2 rings (SSSR count). The topological polar surface area (TPSA) is 58.9 Å². The lowest BCUT2D eigenvalue weighted by atomic mass is 9.79. The van der Waals surface area contributed by atoms with Crippen LogP contribution in [0.5, 0.6) is 5.75 Å². The molecule has 0 spiro atoms. The molecule has 0 bridgehead atoms. The summed E-state index contributed by atoms with van der Waals surface area (Å²) in [6, 6.07) is 3.69. The molecule has 1 unspecified atom stereocenters. The van der Waals surface area contributed by atoms with Gasteiger partial charge in [0.2, 0.25) is 0 Å². The molecule has 1 aliphatic rings. The third-order valence-electron chi connectivity index (χ3n) is 2.66. The maximum atomic E-state index is 13.0. The Morgan fingerprint density at radius 2 is 2.24 bits per heavy atom. The lowest BCUT2D eigenvalue weighted by Gasteiger charge is -2.24. The summed E-state index contributed by atoms with van der Waals surface area (Å²) in [5.74, 6) is -0.239. The first-order chi connectivity index (χ1) is 8.16. The zero-order valence-corrected chi connectivity index (χ0v) is 9.30. The molecule has 1 fully saturated rings. The van der Waals surface area contributed by atoms with Gasteiger partial charge < -0.3 is 19.5 Å². The summed E-state index contributed by atoms with van der Waals surface area (Å²) in [5, 5.41) is 18.3. The zero-order valence-electron chi connectivity index (χ0n) is 9.30. The number of benzene rings is 1. The summed E-state index contributed by atoms with van der Waals surface area (Å²) in [6.45, 7) is 1.19. The van der Waals surface area contributed by atoms with Gasteiger partial charge in [-0.25, -0.2) is 4.39 Å². The van der Waals surface area contributed by atoms with Crippen molar-refractivity contribution in [3.63, 3.8) is 0 Å². The SMILES string of the molecule is OB(O)c1cc(F)ccc1OC1CCCOC1. The van der Waals surface area contributed by atoms with E-state index in [0.29, 0.717) is 6.61 Å². The Morgan fingerprint density at radius 3 is 2.88 bits per heavy atom. The summed E-state index contributed by atoms with van der Waals surface area (Å²) in [6.07, 6.45) is 1.63. The van der Waals surface area contributed by atoms with Crippen LogP contribution in [0, 0.1) is 5.82 Å². The second-order valence-electron chi connectivity index (χ2n) is 4.01. The molecular formula is C11H14BFO4. The third-order valence-corrected chi connectivity index (χ3v) is 2.66. The van der Waals surface area contributed by atoms with Gasteiger partial charge in [-0.05, 0) is 31.0 Å². The number of halogens is 1. The smallest absolute Gasteiger partial charge is 0.488 e. The van der Waals surface area contributed by atoms with Gasteiger partial charge in [-0.1, -0.05) is 0 Å². The molecular weight excluding hydrogens is 226 g/mol. The molecule has 1 atom stereocenters. The van der Waals surface area contributed by atoms with Gasteiger partial charge in [-0.3, -0.25) is 0 Å². The van der Waals surface area contributed by atoms with Crippen molar-refractivity contribution in [1.82, 2.24) is 0 Å². The first kappa shape index (κ1) is 12.4. The average molecular weight is 240 g/mol. The van der Waals surface area contributed by atoms with Crippen LogP contribution in [0.3, 0.4) is 0 Å². The van der Waals surface area contributed by atoms with Gasteiger partial charge in [-0.2, -0.15) is 0 Å². The van der Waals surface area contributed by atoms with Gasteiger partial charge in [0.25, 0.3) is 0 Å². The molecule has 2 N–H and O–H groups in total. The predicted molar refractivity (Wildman–Crippen MR) is 60.7 cm³/mol. The van der Waals surface area contributed by atoms with Crippen LogP contribution >= 0.6 is 0 Å². The van der Waals surface area contributed by atoms with Crippen LogP contribution in [0.15, 0.2) is 18.2 Å². The van der Waals surface area contributed by atoms with E-state index in [4.69, 9.17) is 19.5 Å². The normalized spacial score (nSPS) is 20.1. The Labute approximate surface area is 99.1 Å². The second-order valence-corrected chi connectivity index (χ2v) is 4.01. The molecule has 0 aromatic heterocycles. The molecule has 0 aliphatic carbocycles. The Hall–Kier alpha value is -1.11. The molecule has 6 heteroatoms. The van der Waals surface area contributed by atoms with Gasteiger partial charge in [0.15, 0.2) is 0 Å². The van der Waals surface area contributed by atoms with Crippen molar-refractivity contribution in [2.45, 2.75) is 18.9 Å². The van der Waals surface area contributed by atoms with Crippen LogP contribution in [0.25, 0.3) is 0 Å². The molecule has 0 saturated carbocycles. The van der Waals surface area contributed by atoms with E-state index in [9.17, 15) is 4.39 Å². The number of rotatable bonds is 3. The molecule has 1 heterocycles. The van der Waals surface area contributed by atoms with Crippen LogP contribution in [0.1, 0.15) is 12.8 Å². The van der Waals surface area contributed by atoms with E-state index >= 15 is 0 Å². The highest BCUT2D eigenvalue weighted by Crippen LogP contribution is 2.16. The zero-order chi connectivity index (χ0) is 12.3. The Kier molecular flexibility index (Phi) is 3.99. The highest BCUT2D eigenvalue weighted by atomic mass is 19.1. The van der Waals surface area contributed by atoms with E-state index in [1.165, 1.54) is 12.1 Å². The van der Waals surface area contributed by atoms with E-state index in [-0.39, 0.29) is 17.3 Å². The monoisotopic (exact) mass is 240 g/mol. The summed E-state index contributed by atoms with van der Waals surface area (Å²) < 4.78 is 23.8. The molecule has 4 nitrogen and oxygen atoms in total. The summed E-state index contributed by atoms with van der Waals surface area (Å²) >= 11 is 0. The minimum absolute atomic E-state index is 0.0376. The molecule has 1 aromatic rings. The van der Waals surface area contributed by atoms with Crippen molar-refractivity contribution in [2.75, 3.05) is 13.2 Å². The van der Waals surface area contributed by atoms with Crippen LogP contribution in [-0.2, 0) is 4.74 Å². The minimum atomic E-state index is -1.75. The summed E-state index contributed by atoms with van der Waals surface area (Å²) in [4.78, 5) is 0. The van der Waals surface area contributed by atoms with Crippen LogP contribution < -0.4 is 10.2 Å². The fourth-order valence-electron chi connectivity index (χ4n) is 1.81. The van der Waals surface area contributed by atoms with E-state index in [1.807, 2.05) is 0 Å². The molecule has 1 aliphatic heterocycles. The molecule has 0 amide bonds. The highest BCUT2D eigenvalue weighted by Gasteiger charge is 2.22. The fraction of sp³-hybridized carbons (Fsp3) is 0.455. The van der Waals surface area contributed by atoms with E-state index in [0.717, 1.165) is 25.5 Å². The van der Waals surface area contributed by atoms with Crippen LogP contribution in [0.4, 0.5) is 4.39 Å². The lowest BCUT2D eigenvalue weighted by molar-refractivity contribution is 0.00775. The Bertz CT molecular complexity index is 380. The van der Waals surface area contributed by atoms with Crippen LogP contribution in [0.2, 0.25) is 0 Å². The maximum absolute atomic E-state index is 13.0.